The van der Waals surface area contributed by atoms with Gasteiger partial charge in [0.05, 0.1) is 0 Å². The van der Waals surface area contributed by atoms with E-state index in [4.69, 9.17) is 0 Å². The molecule has 1 aromatic heterocycles. The smallest absolute Gasteiger partial charge is 0.0142 e. The largest absolute Gasteiger partial charge is 0.367 e. The molecule has 0 amide bonds. The molecule has 2 rings (SSSR count). The molecule has 0 spiro atoms. The molecule has 1 aliphatic rings. The van der Waals surface area contributed by atoms with Crippen LogP contribution in [0.3, 0.4) is 0 Å². The number of rotatable bonds is 1. The predicted molar refractivity (Wildman–Crippen MR) is 45.1 cm³/mol. The first-order valence-electron chi connectivity index (χ1n) is 3.73. The summed E-state index contributed by atoms with van der Waals surface area (Å²) in [5.74, 6) is 1.30. The van der Waals surface area contributed by atoms with Crippen molar-refractivity contribution in [3.05, 3.63) is 55.1 Å². The molecule has 0 atom stereocenters. The molecule has 1 aromatic rings. The SMILES string of the molecule is Cc1c[nH]cc1[C]1[CH][CH][CH][CH]1. The minimum absolute atomic E-state index is 1.30. The molecule has 0 bridgehead atoms. The van der Waals surface area contributed by atoms with Gasteiger partial charge in [-0.05, 0) is 43.7 Å². The highest BCUT2D eigenvalue weighted by Gasteiger charge is 2.20. The van der Waals surface area contributed by atoms with Crippen LogP contribution in [-0.2, 0) is 0 Å². The molecule has 5 radical (unpaired) electrons. The monoisotopic (exact) mass is 144 g/mol. The molecule has 1 heteroatoms. The molecule has 1 aliphatic carbocycles. The van der Waals surface area contributed by atoms with Crippen molar-refractivity contribution in [2.75, 3.05) is 0 Å². The summed E-state index contributed by atoms with van der Waals surface area (Å²) in [6.45, 7) is 2.11. The van der Waals surface area contributed by atoms with Crippen molar-refractivity contribution in [3.63, 3.8) is 0 Å². The van der Waals surface area contributed by atoms with Crippen molar-refractivity contribution in [1.29, 1.82) is 0 Å². The summed E-state index contributed by atoms with van der Waals surface area (Å²) in [6.07, 6.45) is 12.4. The van der Waals surface area contributed by atoms with Crippen LogP contribution in [0.5, 0.6) is 0 Å². The van der Waals surface area contributed by atoms with Crippen molar-refractivity contribution in [2.45, 2.75) is 6.92 Å². The highest BCUT2D eigenvalue weighted by atomic mass is 14.6. The fraction of sp³-hybridized carbons (Fsp3) is 0.100. The Kier molecular flexibility index (Phi) is 1.72. The lowest BCUT2D eigenvalue weighted by Crippen LogP contribution is -1.93. The highest BCUT2D eigenvalue weighted by Crippen LogP contribution is 2.31. The topological polar surface area (TPSA) is 15.8 Å². The zero-order valence-electron chi connectivity index (χ0n) is 6.46. The molecule has 0 aliphatic heterocycles. The van der Waals surface area contributed by atoms with E-state index < -0.39 is 0 Å². The van der Waals surface area contributed by atoms with Crippen LogP contribution < -0.4 is 0 Å². The zero-order valence-corrected chi connectivity index (χ0v) is 6.46. The molecule has 1 N–H and O–H groups in total. The van der Waals surface area contributed by atoms with Crippen molar-refractivity contribution in [1.82, 2.24) is 4.98 Å². The van der Waals surface area contributed by atoms with Gasteiger partial charge < -0.3 is 4.98 Å². The first kappa shape index (κ1) is 6.96. The van der Waals surface area contributed by atoms with Gasteiger partial charge in [0.15, 0.2) is 0 Å². The summed E-state index contributed by atoms with van der Waals surface area (Å²) in [6, 6.07) is 0. The third-order valence-corrected chi connectivity index (χ3v) is 1.93. The van der Waals surface area contributed by atoms with Gasteiger partial charge in [0, 0.05) is 18.3 Å². The Labute approximate surface area is 67.8 Å². The first-order chi connectivity index (χ1) is 5.38. The van der Waals surface area contributed by atoms with Gasteiger partial charge in [0.25, 0.3) is 0 Å². The Morgan fingerprint density at radius 2 is 1.82 bits per heavy atom. The third-order valence-electron chi connectivity index (χ3n) is 1.93. The molecule has 0 saturated heterocycles. The molecular weight excluding hydrogens is 134 g/mol. The van der Waals surface area contributed by atoms with E-state index in [1.54, 1.807) is 0 Å². The van der Waals surface area contributed by atoms with Gasteiger partial charge in [-0.3, -0.25) is 0 Å². The minimum atomic E-state index is 1.30. The molecule has 0 aromatic carbocycles. The van der Waals surface area contributed by atoms with E-state index >= 15 is 0 Å². The van der Waals surface area contributed by atoms with Gasteiger partial charge >= 0.3 is 0 Å². The average Bonchev–Trinajstić information content (AvgIpc) is 2.55. The maximum Gasteiger partial charge on any atom is 0.0142 e. The van der Waals surface area contributed by atoms with Crippen LogP contribution in [-0.4, -0.2) is 4.98 Å². The minimum Gasteiger partial charge on any atom is -0.367 e. The average molecular weight is 144 g/mol. The molecule has 0 unspecified atom stereocenters. The number of aryl methyl sites for hydroxylation is 1. The maximum atomic E-state index is 3.09. The highest BCUT2D eigenvalue weighted by molar-refractivity contribution is 5.51. The summed E-state index contributed by atoms with van der Waals surface area (Å²) in [4.78, 5) is 3.09. The lowest BCUT2D eigenvalue weighted by molar-refractivity contribution is 1.26. The van der Waals surface area contributed by atoms with E-state index in [1.165, 1.54) is 17.0 Å². The van der Waals surface area contributed by atoms with Gasteiger partial charge in [0.2, 0.25) is 0 Å². The van der Waals surface area contributed by atoms with Crippen LogP contribution >= 0.6 is 0 Å². The van der Waals surface area contributed by atoms with Crippen molar-refractivity contribution >= 4 is 0 Å². The zero-order chi connectivity index (χ0) is 7.68. The number of aromatic nitrogens is 1. The van der Waals surface area contributed by atoms with E-state index in [9.17, 15) is 0 Å². The number of hydrogen-bond donors (Lipinski definition) is 1. The Morgan fingerprint density at radius 3 is 2.36 bits per heavy atom. The van der Waals surface area contributed by atoms with Crippen LogP contribution in [0.1, 0.15) is 11.1 Å². The quantitative estimate of drug-likeness (QED) is 0.621. The van der Waals surface area contributed by atoms with E-state index in [0.717, 1.165) is 0 Å². The maximum absolute atomic E-state index is 3.09. The number of H-pyrrole nitrogens is 1. The third kappa shape index (κ3) is 1.20. The summed E-state index contributed by atoms with van der Waals surface area (Å²) >= 11 is 0. The van der Waals surface area contributed by atoms with E-state index in [1.807, 2.05) is 12.4 Å². The van der Waals surface area contributed by atoms with Gasteiger partial charge in [-0.25, -0.2) is 0 Å². The number of aromatic amines is 1. The van der Waals surface area contributed by atoms with Gasteiger partial charge in [-0.15, -0.1) is 0 Å². The van der Waals surface area contributed by atoms with Crippen molar-refractivity contribution < 1.29 is 0 Å². The van der Waals surface area contributed by atoms with Crippen LogP contribution in [0, 0.1) is 38.5 Å². The molecule has 1 saturated carbocycles. The molecule has 11 heavy (non-hydrogen) atoms. The van der Waals surface area contributed by atoms with E-state index in [2.05, 4.69) is 37.6 Å². The summed E-state index contributed by atoms with van der Waals surface area (Å²) in [7, 11) is 0. The van der Waals surface area contributed by atoms with Crippen LogP contribution in [0.4, 0.5) is 0 Å². The fourth-order valence-electron chi connectivity index (χ4n) is 1.31. The first-order valence-corrected chi connectivity index (χ1v) is 3.73. The normalized spacial score (nSPS) is 19.4. The van der Waals surface area contributed by atoms with Crippen molar-refractivity contribution in [3.8, 4) is 0 Å². The summed E-state index contributed by atoms with van der Waals surface area (Å²) in [5.41, 5.74) is 2.60. The Morgan fingerprint density at radius 1 is 1.09 bits per heavy atom. The number of nitrogens with one attached hydrogen (secondary N) is 1. The lowest BCUT2D eigenvalue weighted by Gasteiger charge is -2.05. The molecule has 1 heterocycles. The number of hydrogen-bond acceptors (Lipinski definition) is 0. The van der Waals surface area contributed by atoms with E-state index in [-0.39, 0.29) is 0 Å². The van der Waals surface area contributed by atoms with Crippen molar-refractivity contribution in [2.24, 2.45) is 0 Å². The standard InChI is InChI=1S/C10H10N/c1-8-6-11-7-10(8)9-4-2-3-5-9/h2-7,11H,1H3. The summed E-state index contributed by atoms with van der Waals surface area (Å²) in [5, 5.41) is 0. The second-order valence-corrected chi connectivity index (χ2v) is 2.73. The molecule has 1 nitrogen and oxygen atoms in total. The van der Waals surface area contributed by atoms with Crippen LogP contribution in [0.2, 0.25) is 0 Å². The lowest BCUT2D eigenvalue weighted by atomic mass is 9.98. The molecular formula is C10H10N. The molecule has 55 valence electrons. The predicted octanol–water partition coefficient (Wildman–Crippen LogP) is 2.08. The van der Waals surface area contributed by atoms with E-state index in [0.29, 0.717) is 0 Å². The second-order valence-electron chi connectivity index (χ2n) is 2.73. The Hall–Kier alpha value is -0.720. The van der Waals surface area contributed by atoms with Gasteiger partial charge in [-0.2, -0.15) is 0 Å². The Bertz CT molecular complexity index is 231. The van der Waals surface area contributed by atoms with Gasteiger partial charge in [-0.1, -0.05) is 0 Å². The second kappa shape index (κ2) is 2.72. The fourth-order valence-corrected chi connectivity index (χ4v) is 1.31. The molecule has 1 fully saturated rings. The Balaban J connectivity index is 2.21. The van der Waals surface area contributed by atoms with Crippen LogP contribution in [0.25, 0.3) is 0 Å². The van der Waals surface area contributed by atoms with Crippen LogP contribution in [0.15, 0.2) is 12.4 Å². The summed E-state index contributed by atoms with van der Waals surface area (Å²) < 4.78 is 0. The van der Waals surface area contributed by atoms with Gasteiger partial charge in [0.1, 0.15) is 0 Å².